The van der Waals surface area contributed by atoms with Crippen LogP contribution in [-0.4, -0.2) is 24.5 Å². The van der Waals surface area contributed by atoms with Crippen molar-refractivity contribution >= 4 is 0 Å². The Bertz CT molecular complexity index is 292. The molecule has 2 N–H and O–H groups in total. The van der Waals surface area contributed by atoms with Crippen molar-refractivity contribution in [2.75, 3.05) is 19.6 Å². The zero-order chi connectivity index (χ0) is 11.3. The second-order valence-corrected chi connectivity index (χ2v) is 3.95. The molecule has 84 valence electrons. The lowest BCUT2D eigenvalue weighted by molar-refractivity contribution is 0.284. The van der Waals surface area contributed by atoms with Gasteiger partial charge in [0.2, 0.25) is 0 Å². The van der Waals surface area contributed by atoms with E-state index in [2.05, 4.69) is 49.9 Å². The smallest absolute Gasteiger partial charge is 0.0426 e. The Morgan fingerprint density at radius 1 is 1.20 bits per heavy atom. The Kier molecular flexibility index (Phi) is 4.79. The van der Waals surface area contributed by atoms with Crippen molar-refractivity contribution in [2.45, 2.75) is 26.8 Å². The summed E-state index contributed by atoms with van der Waals surface area (Å²) >= 11 is 0. The minimum Gasteiger partial charge on any atom is -0.323 e. The first kappa shape index (κ1) is 12.2. The Labute approximate surface area is 93.1 Å². The lowest BCUT2D eigenvalue weighted by atomic mass is 10.0. The molecule has 1 atom stereocenters. The van der Waals surface area contributed by atoms with Crippen LogP contribution in [0.3, 0.4) is 0 Å². The molecule has 2 nitrogen and oxygen atoms in total. The van der Waals surface area contributed by atoms with Crippen LogP contribution in [0.1, 0.15) is 31.0 Å². The molecule has 15 heavy (non-hydrogen) atoms. The van der Waals surface area contributed by atoms with Gasteiger partial charge in [-0.1, -0.05) is 38.1 Å². The Morgan fingerprint density at radius 2 is 1.80 bits per heavy atom. The largest absolute Gasteiger partial charge is 0.323 e. The van der Waals surface area contributed by atoms with Crippen molar-refractivity contribution < 1.29 is 0 Å². The first-order valence-corrected chi connectivity index (χ1v) is 5.72. The zero-order valence-corrected chi connectivity index (χ0v) is 10.0. The first-order valence-electron chi connectivity index (χ1n) is 5.72. The van der Waals surface area contributed by atoms with Gasteiger partial charge in [-0.05, 0) is 31.1 Å². The number of benzene rings is 1. The van der Waals surface area contributed by atoms with Crippen LogP contribution < -0.4 is 5.73 Å². The van der Waals surface area contributed by atoms with Crippen LogP contribution in [0.15, 0.2) is 24.3 Å². The molecular formula is C13H22N2. The standard InChI is InChI=1S/C13H22N2/c1-4-15(5-2)10-13(14)12-9-7-6-8-11(12)3/h6-9,13H,4-5,10,14H2,1-3H3. The summed E-state index contributed by atoms with van der Waals surface area (Å²) in [6, 6.07) is 8.50. The third kappa shape index (κ3) is 3.33. The molecular weight excluding hydrogens is 184 g/mol. The zero-order valence-electron chi connectivity index (χ0n) is 10.0. The van der Waals surface area contributed by atoms with E-state index in [9.17, 15) is 0 Å². The fourth-order valence-corrected chi connectivity index (χ4v) is 1.86. The van der Waals surface area contributed by atoms with Gasteiger partial charge in [-0.25, -0.2) is 0 Å². The van der Waals surface area contributed by atoms with Crippen molar-refractivity contribution in [3.63, 3.8) is 0 Å². The lowest BCUT2D eigenvalue weighted by Gasteiger charge is -2.23. The number of likely N-dealkylation sites (N-methyl/N-ethyl adjacent to an activating group) is 1. The van der Waals surface area contributed by atoms with E-state index in [1.54, 1.807) is 0 Å². The van der Waals surface area contributed by atoms with Gasteiger partial charge < -0.3 is 10.6 Å². The number of nitrogens with two attached hydrogens (primary N) is 1. The Morgan fingerprint density at radius 3 is 2.33 bits per heavy atom. The van der Waals surface area contributed by atoms with Crippen molar-refractivity contribution in [1.82, 2.24) is 4.90 Å². The molecule has 2 heteroatoms. The minimum atomic E-state index is 0.131. The van der Waals surface area contributed by atoms with Crippen molar-refractivity contribution in [1.29, 1.82) is 0 Å². The molecule has 0 aliphatic carbocycles. The average molecular weight is 206 g/mol. The predicted molar refractivity (Wildman–Crippen MR) is 65.9 cm³/mol. The van der Waals surface area contributed by atoms with Crippen LogP contribution in [-0.2, 0) is 0 Å². The van der Waals surface area contributed by atoms with E-state index in [1.807, 2.05) is 0 Å². The summed E-state index contributed by atoms with van der Waals surface area (Å²) in [5.74, 6) is 0. The summed E-state index contributed by atoms with van der Waals surface area (Å²) in [4.78, 5) is 2.36. The molecule has 0 bridgehead atoms. The van der Waals surface area contributed by atoms with Crippen LogP contribution >= 0.6 is 0 Å². The van der Waals surface area contributed by atoms with Crippen LogP contribution in [0.25, 0.3) is 0 Å². The van der Waals surface area contributed by atoms with E-state index in [1.165, 1.54) is 11.1 Å². The van der Waals surface area contributed by atoms with Crippen molar-refractivity contribution in [2.24, 2.45) is 5.73 Å². The van der Waals surface area contributed by atoms with E-state index in [0.29, 0.717) is 0 Å². The minimum absolute atomic E-state index is 0.131. The number of hydrogen-bond donors (Lipinski definition) is 1. The number of nitrogens with zero attached hydrogens (tertiary/aromatic N) is 1. The summed E-state index contributed by atoms with van der Waals surface area (Å²) in [5.41, 5.74) is 8.76. The quantitative estimate of drug-likeness (QED) is 0.801. The first-order chi connectivity index (χ1) is 7.19. The molecule has 0 amide bonds. The highest BCUT2D eigenvalue weighted by atomic mass is 15.1. The van der Waals surface area contributed by atoms with Crippen molar-refractivity contribution in [3.8, 4) is 0 Å². The van der Waals surface area contributed by atoms with Crippen molar-refractivity contribution in [3.05, 3.63) is 35.4 Å². The average Bonchev–Trinajstić information content (AvgIpc) is 2.26. The normalized spacial score (nSPS) is 13.1. The molecule has 1 aromatic rings. The molecule has 0 saturated heterocycles. The lowest BCUT2D eigenvalue weighted by Crippen LogP contribution is -2.32. The predicted octanol–water partition coefficient (Wildman–Crippen LogP) is 2.34. The van der Waals surface area contributed by atoms with Gasteiger partial charge in [0.25, 0.3) is 0 Å². The number of rotatable bonds is 5. The van der Waals surface area contributed by atoms with Gasteiger partial charge in [-0.2, -0.15) is 0 Å². The second kappa shape index (κ2) is 5.89. The van der Waals surface area contributed by atoms with Crippen LogP contribution in [0.4, 0.5) is 0 Å². The van der Waals surface area contributed by atoms with E-state index < -0.39 is 0 Å². The van der Waals surface area contributed by atoms with E-state index in [4.69, 9.17) is 5.73 Å². The highest BCUT2D eigenvalue weighted by Crippen LogP contribution is 2.15. The number of hydrogen-bond acceptors (Lipinski definition) is 2. The molecule has 0 aliphatic rings. The molecule has 0 aromatic heterocycles. The summed E-state index contributed by atoms with van der Waals surface area (Å²) in [6.07, 6.45) is 0. The van der Waals surface area contributed by atoms with Gasteiger partial charge in [0.15, 0.2) is 0 Å². The fourth-order valence-electron chi connectivity index (χ4n) is 1.86. The summed E-state index contributed by atoms with van der Waals surface area (Å²) in [7, 11) is 0. The maximum atomic E-state index is 6.21. The van der Waals surface area contributed by atoms with E-state index >= 15 is 0 Å². The molecule has 1 aromatic carbocycles. The highest BCUT2D eigenvalue weighted by molar-refractivity contribution is 5.28. The van der Waals surface area contributed by atoms with Gasteiger partial charge >= 0.3 is 0 Å². The third-order valence-corrected chi connectivity index (χ3v) is 2.94. The number of aryl methyl sites for hydroxylation is 1. The monoisotopic (exact) mass is 206 g/mol. The molecule has 0 fully saturated rings. The van der Waals surface area contributed by atoms with Gasteiger partial charge in [0.1, 0.15) is 0 Å². The van der Waals surface area contributed by atoms with Crippen LogP contribution in [0.5, 0.6) is 0 Å². The van der Waals surface area contributed by atoms with Gasteiger partial charge in [-0.3, -0.25) is 0 Å². The summed E-state index contributed by atoms with van der Waals surface area (Å²) < 4.78 is 0. The molecule has 0 heterocycles. The maximum Gasteiger partial charge on any atom is 0.0426 e. The summed E-state index contributed by atoms with van der Waals surface area (Å²) in [6.45, 7) is 9.55. The molecule has 0 saturated carbocycles. The SMILES string of the molecule is CCN(CC)CC(N)c1ccccc1C. The fraction of sp³-hybridized carbons (Fsp3) is 0.538. The van der Waals surface area contributed by atoms with E-state index in [0.717, 1.165) is 19.6 Å². The Balaban J connectivity index is 2.68. The van der Waals surface area contributed by atoms with Gasteiger partial charge in [0, 0.05) is 12.6 Å². The molecule has 0 spiro atoms. The van der Waals surface area contributed by atoms with Crippen LogP contribution in [0.2, 0.25) is 0 Å². The molecule has 0 aliphatic heterocycles. The second-order valence-electron chi connectivity index (χ2n) is 3.95. The Hall–Kier alpha value is -0.860. The molecule has 0 radical (unpaired) electrons. The van der Waals surface area contributed by atoms with Crippen LogP contribution in [0, 0.1) is 6.92 Å². The molecule has 1 unspecified atom stereocenters. The third-order valence-electron chi connectivity index (χ3n) is 2.94. The summed E-state index contributed by atoms with van der Waals surface area (Å²) in [5, 5.41) is 0. The molecule has 1 rings (SSSR count). The highest BCUT2D eigenvalue weighted by Gasteiger charge is 2.11. The topological polar surface area (TPSA) is 29.3 Å². The maximum absolute atomic E-state index is 6.21. The van der Waals surface area contributed by atoms with Gasteiger partial charge in [-0.15, -0.1) is 0 Å². The van der Waals surface area contributed by atoms with E-state index in [-0.39, 0.29) is 6.04 Å². The van der Waals surface area contributed by atoms with Gasteiger partial charge in [0.05, 0.1) is 0 Å².